The van der Waals surface area contributed by atoms with Crippen LogP contribution in [-0.4, -0.2) is 47.2 Å². The molecular weight excluding hydrogens is 352 g/mol. The van der Waals surface area contributed by atoms with Crippen LogP contribution in [0, 0.1) is 0 Å². The maximum atomic E-state index is 6.16. The number of imidazole rings is 1. The fourth-order valence-corrected chi connectivity index (χ4v) is 3.38. The van der Waals surface area contributed by atoms with Crippen molar-refractivity contribution in [2.75, 3.05) is 26.8 Å². The standard InChI is InChI=1S/C22H32N4O2/c1-3-4-9-16-28-21-17-19(27-2)10-11-20(21)22(25-15-12-23-18-25)24-26-13-7-5-6-8-14-26/h10-12,15,17-18H,3-9,13-14,16H2,1-2H3. The number of hydrogen-bond acceptors (Lipinski definition) is 5. The number of benzene rings is 1. The maximum Gasteiger partial charge on any atom is 0.169 e. The lowest BCUT2D eigenvalue weighted by molar-refractivity contribution is 0.296. The molecule has 1 saturated heterocycles. The predicted molar refractivity (Wildman–Crippen MR) is 112 cm³/mol. The van der Waals surface area contributed by atoms with Gasteiger partial charge in [0.2, 0.25) is 0 Å². The lowest BCUT2D eigenvalue weighted by atomic mass is 10.1. The van der Waals surface area contributed by atoms with E-state index in [4.69, 9.17) is 14.6 Å². The number of unbranched alkanes of at least 4 members (excludes halogenated alkanes) is 2. The molecule has 1 aromatic heterocycles. The van der Waals surface area contributed by atoms with E-state index < -0.39 is 0 Å². The summed E-state index contributed by atoms with van der Waals surface area (Å²) in [5.74, 6) is 2.43. The zero-order valence-electron chi connectivity index (χ0n) is 17.1. The Balaban J connectivity index is 1.94. The van der Waals surface area contributed by atoms with Crippen LogP contribution in [0.1, 0.15) is 57.4 Å². The van der Waals surface area contributed by atoms with E-state index in [1.165, 1.54) is 32.1 Å². The first kappa shape index (κ1) is 20.2. The van der Waals surface area contributed by atoms with Gasteiger partial charge in [-0.3, -0.25) is 9.58 Å². The van der Waals surface area contributed by atoms with Gasteiger partial charge in [-0.1, -0.05) is 32.6 Å². The van der Waals surface area contributed by atoms with Crippen molar-refractivity contribution < 1.29 is 9.47 Å². The Morgan fingerprint density at radius 2 is 1.96 bits per heavy atom. The third-order valence-corrected chi connectivity index (χ3v) is 5.00. The molecule has 1 aromatic carbocycles. The van der Waals surface area contributed by atoms with Crippen LogP contribution in [0.5, 0.6) is 11.5 Å². The van der Waals surface area contributed by atoms with E-state index >= 15 is 0 Å². The zero-order chi connectivity index (χ0) is 19.6. The van der Waals surface area contributed by atoms with E-state index in [1.807, 2.05) is 29.0 Å². The summed E-state index contributed by atoms with van der Waals surface area (Å²) in [6.07, 6.45) is 13.8. The van der Waals surface area contributed by atoms with E-state index in [1.54, 1.807) is 19.6 Å². The molecule has 0 bridgehead atoms. The van der Waals surface area contributed by atoms with Crippen molar-refractivity contribution in [1.29, 1.82) is 0 Å². The van der Waals surface area contributed by atoms with Crippen molar-refractivity contribution in [3.05, 3.63) is 42.5 Å². The molecule has 2 aromatic rings. The highest BCUT2D eigenvalue weighted by Crippen LogP contribution is 2.27. The molecule has 0 radical (unpaired) electrons. The summed E-state index contributed by atoms with van der Waals surface area (Å²) in [6.45, 7) is 4.86. The van der Waals surface area contributed by atoms with Gasteiger partial charge in [-0.05, 0) is 31.4 Å². The molecule has 0 amide bonds. The van der Waals surface area contributed by atoms with E-state index in [9.17, 15) is 0 Å². The fourth-order valence-electron chi connectivity index (χ4n) is 3.38. The quantitative estimate of drug-likeness (QED) is 0.381. The molecule has 1 fully saturated rings. The highest BCUT2D eigenvalue weighted by Gasteiger charge is 2.17. The Kier molecular flexibility index (Phi) is 7.76. The van der Waals surface area contributed by atoms with Crippen LogP contribution in [-0.2, 0) is 0 Å². The Morgan fingerprint density at radius 3 is 2.64 bits per heavy atom. The van der Waals surface area contributed by atoms with Crippen LogP contribution in [0.25, 0.3) is 0 Å². The highest BCUT2D eigenvalue weighted by molar-refractivity contribution is 6.02. The van der Waals surface area contributed by atoms with Gasteiger partial charge in [0.25, 0.3) is 0 Å². The smallest absolute Gasteiger partial charge is 0.169 e. The molecule has 0 atom stereocenters. The fraction of sp³-hybridized carbons (Fsp3) is 0.545. The number of nitrogens with zero attached hydrogens (tertiary/aromatic N) is 4. The second-order valence-corrected chi connectivity index (χ2v) is 7.18. The first-order valence-corrected chi connectivity index (χ1v) is 10.4. The molecule has 0 N–H and O–H groups in total. The van der Waals surface area contributed by atoms with Crippen molar-refractivity contribution in [2.45, 2.75) is 51.9 Å². The summed E-state index contributed by atoms with van der Waals surface area (Å²) < 4.78 is 13.6. The number of hydrogen-bond donors (Lipinski definition) is 0. The molecule has 28 heavy (non-hydrogen) atoms. The first-order valence-electron chi connectivity index (χ1n) is 10.4. The molecule has 1 aliphatic heterocycles. The number of aromatic nitrogens is 2. The number of methoxy groups -OCH3 is 1. The highest BCUT2D eigenvalue weighted by atomic mass is 16.5. The average Bonchev–Trinajstić information content (AvgIpc) is 3.13. The van der Waals surface area contributed by atoms with Gasteiger partial charge in [-0.25, -0.2) is 4.98 Å². The molecule has 0 aliphatic carbocycles. The summed E-state index contributed by atoms with van der Waals surface area (Å²) in [6, 6.07) is 5.95. The van der Waals surface area contributed by atoms with Gasteiger partial charge < -0.3 is 9.47 Å². The molecule has 0 unspecified atom stereocenters. The summed E-state index contributed by atoms with van der Waals surface area (Å²) in [5, 5.41) is 7.21. The van der Waals surface area contributed by atoms with Crippen molar-refractivity contribution >= 4 is 5.84 Å². The SMILES string of the molecule is CCCCCOc1cc(OC)ccc1C(=NN1CCCCCC1)n1ccnc1. The van der Waals surface area contributed by atoms with E-state index in [2.05, 4.69) is 16.9 Å². The monoisotopic (exact) mass is 384 g/mol. The van der Waals surface area contributed by atoms with Crippen molar-refractivity contribution in [3.63, 3.8) is 0 Å². The van der Waals surface area contributed by atoms with Crippen molar-refractivity contribution in [2.24, 2.45) is 5.10 Å². The Labute approximate surface area is 168 Å². The minimum Gasteiger partial charge on any atom is -0.497 e. The van der Waals surface area contributed by atoms with Gasteiger partial charge in [0, 0.05) is 31.5 Å². The minimum absolute atomic E-state index is 0.689. The van der Waals surface area contributed by atoms with Gasteiger partial charge in [-0.2, -0.15) is 5.10 Å². The minimum atomic E-state index is 0.689. The van der Waals surface area contributed by atoms with Crippen molar-refractivity contribution in [1.82, 2.24) is 14.6 Å². The molecule has 6 nitrogen and oxygen atoms in total. The van der Waals surface area contributed by atoms with Crippen LogP contribution >= 0.6 is 0 Å². The second-order valence-electron chi connectivity index (χ2n) is 7.18. The normalized spacial score (nSPS) is 15.4. The van der Waals surface area contributed by atoms with Crippen LogP contribution in [0.3, 0.4) is 0 Å². The molecule has 152 valence electrons. The lowest BCUT2D eigenvalue weighted by Crippen LogP contribution is -2.24. The van der Waals surface area contributed by atoms with Crippen LogP contribution in [0.4, 0.5) is 0 Å². The molecular formula is C22H32N4O2. The molecule has 1 aliphatic rings. The van der Waals surface area contributed by atoms with Crippen molar-refractivity contribution in [3.8, 4) is 11.5 Å². The second kappa shape index (κ2) is 10.7. The van der Waals surface area contributed by atoms with Gasteiger partial charge in [-0.15, -0.1) is 0 Å². The third-order valence-electron chi connectivity index (χ3n) is 5.00. The lowest BCUT2D eigenvalue weighted by Gasteiger charge is -2.20. The Morgan fingerprint density at radius 1 is 1.14 bits per heavy atom. The van der Waals surface area contributed by atoms with E-state index in [-0.39, 0.29) is 0 Å². The van der Waals surface area contributed by atoms with Gasteiger partial charge in [0.1, 0.15) is 17.8 Å². The number of ether oxygens (including phenoxy) is 2. The molecule has 3 rings (SSSR count). The summed E-state index contributed by atoms with van der Waals surface area (Å²) >= 11 is 0. The number of hydrazone groups is 1. The van der Waals surface area contributed by atoms with E-state index in [0.717, 1.165) is 48.8 Å². The topological polar surface area (TPSA) is 51.9 Å². The summed E-state index contributed by atoms with van der Waals surface area (Å²) in [5.41, 5.74) is 0.958. The first-order chi connectivity index (χ1) is 13.8. The molecule has 2 heterocycles. The summed E-state index contributed by atoms with van der Waals surface area (Å²) in [4.78, 5) is 4.23. The van der Waals surface area contributed by atoms with Crippen LogP contribution in [0.15, 0.2) is 42.0 Å². The van der Waals surface area contributed by atoms with E-state index in [0.29, 0.717) is 6.61 Å². The van der Waals surface area contributed by atoms with Gasteiger partial charge in [0.05, 0.1) is 19.3 Å². The number of rotatable bonds is 8. The predicted octanol–water partition coefficient (Wildman–Crippen LogP) is 4.55. The van der Waals surface area contributed by atoms with Gasteiger partial charge >= 0.3 is 0 Å². The Hall–Kier alpha value is -2.50. The molecule has 0 saturated carbocycles. The van der Waals surface area contributed by atoms with Crippen LogP contribution in [0.2, 0.25) is 0 Å². The van der Waals surface area contributed by atoms with Gasteiger partial charge in [0.15, 0.2) is 5.84 Å². The average molecular weight is 385 g/mol. The molecule has 6 heteroatoms. The third kappa shape index (κ3) is 5.50. The largest absolute Gasteiger partial charge is 0.497 e. The summed E-state index contributed by atoms with van der Waals surface area (Å²) in [7, 11) is 1.68. The van der Waals surface area contributed by atoms with Crippen LogP contribution < -0.4 is 9.47 Å². The Bertz CT molecular complexity index is 735. The molecule has 0 spiro atoms. The zero-order valence-corrected chi connectivity index (χ0v) is 17.1. The maximum absolute atomic E-state index is 6.16.